The Morgan fingerprint density at radius 1 is 1.12 bits per heavy atom. The van der Waals surface area contributed by atoms with Crippen LogP contribution in [0.2, 0.25) is 0 Å². The van der Waals surface area contributed by atoms with E-state index in [1.165, 1.54) is 0 Å². The average Bonchev–Trinajstić information content (AvgIpc) is 3.55. The number of para-hydroxylation sites is 2. The van der Waals surface area contributed by atoms with Crippen molar-refractivity contribution < 1.29 is 19.1 Å². The number of thiocarbonyl (C=S) groups is 1. The molecule has 2 aromatic carbocycles. The van der Waals surface area contributed by atoms with E-state index in [9.17, 15) is 9.59 Å². The number of ether oxygens (including phenoxy) is 2. The second kappa shape index (κ2) is 11.2. The molecule has 0 radical (unpaired) electrons. The fourth-order valence-electron chi connectivity index (χ4n) is 4.86. The van der Waals surface area contributed by atoms with E-state index in [0.29, 0.717) is 42.5 Å². The number of fused-ring (bicyclic) bond motifs is 1. The second-order valence-corrected chi connectivity index (χ2v) is 11.4. The van der Waals surface area contributed by atoms with Gasteiger partial charge in [0.1, 0.15) is 34.8 Å². The van der Waals surface area contributed by atoms with Crippen molar-refractivity contribution in [3.63, 3.8) is 0 Å². The van der Waals surface area contributed by atoms with Crippen LogP contribution in [0.15, 0.2) is 54.6 Å². The van der Waals surface area contributed by atoms with Crippen LogP contribution in [-0.4, -0.2) is 75.0 Å². The molecule has 0 saturated carbocycles. The number of carbonyl (C=O) groups excluding carboxylic acids is 2. The summed E-state index contributed by atoms with van der Waals surface area (Å²) in [7, 11) is 1.86. The Balaban J connectivity index is 1.36. The molecular formula is C29H34N6O4S. The van der Waals surface area contributed by atoms with E-state index in [1.54, 1.807) is 9.58 Å². The van der Waals surface area contributed by atoms with Crippen molar-refractivity contribution in [2.45, 2.75) is 51.3 Å². The lowest BCUT2D eigenvalue weighted by Gasteiger charge is -2.24. The summed E-state index contributed by atoms with van der Waals surface area (Å²) >= 11 is 5.70. The Morgan fingerprint density at radius 3 is 2.60 bits per heavy atom. The molecule has 1 aromatic heterocycles. The highest BCUT2D eigenvalue weighted by atomic mass is 32.1. The Labute approximate surface area is 239 Å². The molecule has 210 valence electrons. The van der Waals surface area contributed by atoms with Gasteiger partial charge in [-0.1, -0.05) is 54.7 Å². The second-order valence-electron chi connectivity index (χ2n) is 11.0. The maximum absolute atomic E-state index is 13.4. The van der Waals surface area contributed by atoms with E-state index in [1.807, 2.05) is 87.3 Å². The van der Waals surface area contributed by atoms with Gasteiger partial charge in [-0.25, -0.2) is 14.5 Å². The zero-order valence-electron chi connectivity index (χ0n) is 23.2. The fraction of sp³-hybridized carbons (Fsp3) is 0.414. The third kappa shape index (κ3) is 6.09. The minimum atomic E-state index is -0.579. The molecule has 1 unspecified atom stereocenters. The summed E-state index contributed by atoms with van der Waals surface area (Å²) in [4.78, 5) is 34.8. The summed E-state index contributed by atoms with van der Waals surface area (Å²) in [6, 6.07) is 16.8. The number of likely N-dealkylation sites (tertiary alicyclic amines) is 1. The Morgan fingerprint density at radius 2 is 1.85 bits per heavy atom. The van der Waals surface area contributed by atoms with Crippen LogP contribution in [0.1, 0.15) is 55.2 Å². The third-order valence-corrected chi connectivity index (χ3v) is 7.40. The van der Waals surface area contributed by atoms with E-state index < -0.39 is 17.6 Å². The van der Waals surface area contributed by atoms with Crippen LogP contribution in [0.3, 0.4) is 0 Å². The van der Waals surface area contributed by atoms with Crippen molar-refractivity contribution in [3.8, 4) is 5.75 Å². The van der Waals surface area contributed by atoms with Crippen LogP contribution in [0.5, 0.6) is 5.75 Å². The number of hydrogen-bond acceptors (Lipinski definition) is 7. The van der Waals surface area contributed by atoms with Gasteiger partial charge in [0, 0.05) is 26.6 Å². The number of benzene rings is 2. The fourth-order valence-corrected chi connectivity index (χ4v) is 5.08. The summed E-state index contributed by atoms with van der Waals surface area (Å²) in [5.74, 6) is 0.961. The maximum atomic E-state index is 13.4. The van der Waals surface area contributed by atoms with Crippen LogP contribution >= 0.6 is 12.2 Å². The first kappa shape index (κ1) is 27.6. The average molecular weight is 563 g/mol. The third-order valence-electron chi connectivity index (χ3n) is 6.84. The van der Waals surface area contributed by atoms with Crippen LogP contribution in [0.4, 0.5) is 10.5 Å². The molecular weight excluding hydrogens is 528 g/mol. The minimum Gasteiger partial charge on any atom is -0.489 e. The highest BCUT2D eigenvalue weighted by Gasteiger charge is 2.34. The van der Waals surface area contributed by atoms with Crippen LogP contribution in [-0.2, 0) is 11.2 Å². The van der Waals surface area contributed by atoms with Crippen LogP contribution in [0.25, 0.3) is 0 Å². The van der Waals surface area contributed by atoms with E-state index in [2.05, 4.69) is 15.4 Å². The number of nitrogens with zero attached hydrogens (tertiary/aromatic N) is 5. The molecule has 11 heteroatoms. The van der Waals surface area contributed by atoms with Crippen molar-refractivity contribution in [1.29, 1.82) is 0 Å². The number of nitrogens with one attached hydrogen (secondary N) is 1. The summed E-state index contributed by atoms with van der Waals surface area (Å²) < 4.78 is 13.3. The number of amides is 2. The minimum absolute atomic E-state index is 0.0499. The van der Waals surface area contributed by atoms with Gasteiger partial charge >= 0.3 is 6.09 Å². The summed E-state index contributed by atoms with van der Waals surface area (Å²) in [5, 5.41) is 7.61. The summed E-state index contributed by atoms with van der Waals surface area (Å²) in [6.45, 7) is 6.69. The standard InChI is InChI=1S/C29H34N6O4S/c1-29(2,3)39-28(37)34-15-14-20(17-34)35-24(16-19-10-6-5-7-11-19)31-25(32-35)26(36)30-21-18-38-23-13-9-8-12-22(23)33(4)27(21)40/h5-13,20-21H,14-18H2,1-4H3,(H,30,36)/t20?,21-/m0/s1. The van der Waals surface area contributed by atoms with Crippen molar-refractivity contribution in [1.82, 2.24) is 25.0 Å². The molecule has 2 amide bonds. The predicted molar refractivity (Wildman–Crippen MR) is 155 cm³/mol. The zero-order chi connectivity index (χ0) is 28.4. The number of likely N-dealkylation sites (N-methyl/N-ethyl adjacent to an activating group) is 1. The van der Waals surface area contributed by atoms with Gasteiger partial charge in [0.15, 0.2) is 0 Å². The number of rotatable bonds is 5. The Kier molecular flexibility index (Phi) is 7.75. The van der Waals surface area contributed by atoms with E-state index in [0.717, 1.165) is 11.3 Å². The van der Waals surface area contributed by atoms with Gasteiger partial charge in [0.2, 0.25) is 5.82 Å². The number of anilines is 1. The summed E-state index contributed by atoms with van der Waals surface area (Å²) in [5.41, 5.74) is 1.31. The Hall–Kier alpha value is -3.99. The zero-order valence-corrected chi connectivity index (χ0v) is 24.0. The molecule has 1 fully saturated rings. The molecule has 1 saturated heterocycles. The molecule has 1 N–H and O–H groups in total. The molecule has 2 atom stereocenters. The lowest BCUT2D eigenvalue weighted by atomic mass is 10.1. The molecule has 2 aliphatic rings. The normalized spacial score (nSPS) is 19.1. The Bertz CT molecular complexity index is 1400. The van der Waals surface area contributed by atoms with Crippen LogP contribution in [0, 0.1) is 0 Å². The molecule has 0 aliphatic carbocycles. The van der Waals surface area contributed by atoms with Crippen LogP contribution < -0.4 is 15.0 Å². The molecule has 3 aromatic rings. The molecule has 2 aliphatic heterocycles. The number of hydrogen-bond donors (Lipinski definition) is 1. The van der Waals surface area contributed by atoms with Gasteiger partial charge < -0.3 is 24.6 Å². The lowest BCUT2D eigenvalue weighted by molar-refractivity contribution is 0.0288. The van der Waals surface area contributed by atoms with Crippen molar-refractivity contribution in [2.75, 3.05) is 31.6 Å². The molecule has 3 heterocycles. The summed E-state index contributed by atoms with van der Waals surface area (Å²) in [6.07, 6.45) is 0.812. The van der Waals surface area contributed by atoms with Gasteiger partial charge in [0.05, 0.1) is 11.7 Å². The quantitative estimate of drug-likeness (QED) is 0.466. The lowest BCUT2D eigenvalue weighted by Crippen LogP contribution is -2.48. The first-order chi connectivity index (χ1) is 19.1. The van der Waals surface area contributed by atoms with E-state index >= 15 is 0 Å². The number of aromatic nitrogens is 3. The molecule has 40 heavy (non-hydrogen) atoms. The first-order valence-corrected chi connectivity index (χ1v) is 13.8. The van der Waals surface area contributed by atoms with Gasteiger partial charge in [0.25, 0.3) is 5.91 Å². The van der Waals surface area contributed by atoms with Gasteiger partial charge in [-0.3, -0.25) is 4.79 Å². The highest BCUT2D eigenvalue weighted by molar-refractivity contribution is 7.80. The van der Waals surface area contributed by atoms with Crippen molar-refractivity contribution in [3.05, 3.63) is 71.8 Å². The number of carbonyl (C=O) groups is 2. The van der Waals surface area contributed by atoms with E-state index in [-0.39, 0.29) is 24.6 Å². The molecule has 10 nitrogen and oxygen atoms in total. The largest absolute Gasteiger partial charge is 0.489 e. The maximum Gasteiger partial charge on any atom is 0.410 e. The van der Waals surface area contributed by atoms with E-state index in [4.69, 9.17) is 21.7 Å². The first-order valence-electron chi connectivity index (χ1n) is 13.4. The molecule has 5 rings (SSSR count). The molecule has 0 spiro atoms. The molecule has 0 bridgehead atoms. The topological polar surface area (TPSA) is 102 Å². The van der Waals surface area contributed by atoms with Gasteiger partial charge in [-0.05, 0) is 44.9 Å². The van der Waals surface area contributed by atoms with Crippen molar-refractivity contribution in [2.24, 2.45) is 0 Å². The highest BCUT2D eigenvalue weighted by Crippen LogP contribution is 2.30. The van der Waals surface area contributed by atoms with Gasteiger partial charge in [-0.2, -0.15) is 0 Å². The SMILES string of the molecule is CN1C(=S)[C@@H](NC(=O)c2nc(Cc3ccccc3)n(C3CCN(C(=O)OC(C)(C)C)C3)n2)COc2ccccc21. The van der Waals surface area contributed by atoms with Crippen molar-refractivity contribution >= 4 is 34.9 Å². The van der Waals surface area contributed by atoms with Gasteiger partial charge in [-0.15, -0.1) is 5.10 Å². The monoisotopic (exact) mass is 562 g/mol. The smallest absolute Gasteiger partial charge is 0.410 e. The predicted octanol–water partition coefficient (Wildman–Crippen LogP) is 4.01.